The fourth-order valence-electron chi connectivity index (χ4n) is 3.15. The molecule has 0 saturated heterocycles. The van der Waals surface area contributed by atoms with Gasteiger partial charge in [-0.05, 0) is 61.1 Å². The highest BCUT2D eigenvalue weighted by molar-refractivity contribution is 7.18. The second kappa shape index (κ2) is 7.25. The van der Waals surface area contributed by atoms with Crippen LogP contribution in [0, 0.1) is 0 Å². The molecule has 0 saturated carbocycles. The van der Waals surface area contributed by atoms with Gasteiger partial charge in [-0.3, -0.25) is 4.79 Å². The molecule has 5 nitrogen and oxygen atoms in total. The van der Waals surface area contributed by atoms with Crippen molar-refractivity contribution in [3.05, 3.63) is 69.6 Å². The molecule has 4 rings (SSSR count). The van der Waals surface area contributed by atoms with E-state index in [0.717, 1.165) is 40.8 Å². The van der Waals surface area contributed by atoms with Crippen molar-refractivity contribution in [2.24, 2.45) is 5.10 Å². The fraction of sp³-hybridized carbons (Fsp3) is 0.250. The van der Waals surface area contributed by atoms with Crippen molar-refractivity contribution in [3.8, 4) is 5.75 Å². The zero-order chi connectivity index (χ0) is 17.9. The van der Waals surface area contributed by atoms with Crippen LogP contribution in [0.2, 0.25) is 0 Å². The predicted octanol–water partition coefficient (Wildman–Crippen LogP) is 3.78. The summed E-state index contributed by atoms with van der Waals surface area (Å²) in [7, 11) is 0. The van der Waals surface area contributed by atoms with E-state index in [9.17, 15) is 4.79 Å². The maximum absolute atomic E-state index is 12.8. The van der Waals surface area contributed by atoms with Gasteiger partial charge in [0.2, 0.25) is 0 Å². The Bertz CT molecular complexity index is 1030. The van der Waals surface area contributed by atoms with E-state index < -0.39 is 0 Å². The van der Waals surface area contributed by atoms with Gasteiger partial charge >= 0.3 is 0 Å². The van der Waals surface area contributed by atoms with Gasteiger partial charge in [0.1, 0.15) is 23.5 Å². The molecule has 1 aromatic carbocycles. The highest BCUT2D eigenvalue weighted by Crippen LogP contribution is 2.33. The topological polar surface area (TPSA) is 56.5 Å². The molecular formula is C20H19N3O2S. The molecular weight excluding hydrogens is 346 g/mol. The first-order valence-electron chi connectivity index (χ1n) is 8.66. The lowest BCUT2D eigenvalue weighted by Gasteiger charge is -2.09. The first-order valence-corrected chi connectivity index (χ1v) is 9.48. The van der Waals surface area contributed by atoms with Crippen molar-refractivity contribution in [1.82, 2.24) is 9.66 Å². The summed E-state index contributed by atoms with van der Waals surface area (Å²) in [5.41, 5.74) is 1.98. The van der Waals surface area contributed by atoms with E-state index in [1.807, 2.05) is 24.3 Å². The summed E-state index contributed by atoms with van der Waals surface area (Å²) < 4.78 is 6.78. The van der Waals surface area contributed by atoms with Crippen LogP contribution < -0.4 is 10.3 Å². The number of hydrogen-bond donors (Lipinski definition) is 0. The second-order valence-electron chi connectivity index (χ2n) is 6.20. The van der Waals surface area contributed by atoms with Crippen LogP contribution >= 0.6 is 11.3 Å². The SMILES string of the molecule is C=CCOc1ccc(C=Nn2cnc3sc4c(c3c2=O)CCCC4)cc1. The lowest BCUT2D eigenvalue weighted by atomic mass is 9.97. The van der Waals surface area contributed by atoms with Crippen molar-refractivity contribution in [2.45, 2.75) is 25.7 Å². The van der Waals surface area contributed by atoms with Gasteiger partial charge in [-0.15, -0.1) is 11.3 Å². The van der Waals surface area contributed by atoms with Crippen LogP contribution in [0.15, 0.2) is 53.1 Å². The van der Waals surface area contributed by atoms with Crippen molar-refractivity contribution in [1.29, 1.82) is 0 Å². The smallest absolute Gasteiger partial charge is 0.282 e. The third-order valence-corrected chi connectivity index (χ3v) is 5.64. The minimum atomic E-state index is -0.0865. The summed E-state index contributed by atoms with van der Waals surface area (Å²) in [4.78, 5) is 19.4. The van der Waals surface area contributed by atoms with Crippen molar-refractivity contribution < 1.29 is 4.74 Å². The third-order valence-electron chi connectivity index (χ3n) is 4.44. The summed E-state index contributed by atoms with van der Waals surface area (Å²) in [5, 5.41) is 5.06. The van der Waals surface area contributed by atoms with Gasteiger partial charge in [0.25, 0.3) is 5.56 Å². The molecule has 0 N–H and O–H groups in total. The normalized spacial score (nSPS) is 13.8. The van der Waals surface area contributed by atoms with Crippen LogP contribution in [-0.4, -0.2) is 22.5 Å². The molecule has 2 heterocycles. The summed E-state index contributed by atoms with van der Waals surface area (Å²) in [6, 6.07) is 7.52. The minimum Gasteiger partial charge on any atom is -0.490 e. The molecule has 0 fully saturated rings. The molecule has 3 aromatic rings. The maximum atomic E-state index is 12.8. The Labute approximate surface area is 155 Å². The highest BCUT2D eigenvalue weighted by Gasteiger charge is 2.19. The lowest BCUT2D eigenvalue weighted by Crippen LogP contribution is -2.18. The largest absolute Gasteiger partial charge is 0.490 e. The van der Waals surface area contributed by atoms with Crippen LogP contribution in [-0.2, 0) is 12.8 Å². The molecule has 6 heteroatoms. The Balaban J connectivity index is 1.62. The lowest BCUT2D eigenvalue weighted by molar-refractivity contribution is 0.363. The van der Waals surface area contributed by atoms with Crippen LogP contribution in [0.25, 0.3) is 10.2 Å². The number of thiophene rings is 1. The Hall–Kier alpha value is -2.73. The van der Waals surface area contributed by atoms with Gasteiger partial charge in [0.15, 0.2) is 0 Å². The number of aryl methyl sites for hydroxylation is 2. The van der Waals surface area contributed by atoms with E-state index >= 15 is 0 Å². The molecule has 0 radical (unpaired) electrons. The minimum absolute atomic E-state index is 0.0865. The van der Waals surface area contributed by atoms with Gasteiger partial charge in [-0.25, -0.2) is 4.98 Å². The first kappa shape index (κ1) is 16.7. The molecule has 0 atom stereocenters. The summed E-state index contributed by atoms with van der Waals surface area (Å²) in [6.07, 6.45) is 9.21. The zero-order valence-electron chi connectivity index (χ0n) is 14.4. The monoisotopic (exact) mass is 365 g/mol. The molecule has 0 spiro atoms. The predicted molar refractivity (Wildman–Crippen MR) is 106 cm³/mol. The first-order chi connectivity index (χ1) is 12.8. The molecule has 2 aromatic heterocycles. The molecule has 26 heavy (non-hydrogen) atoms. The Morgan fingerprint density at radius 1 is 1.27 bits per heavy atom. The second-order valence-corrected chi connectivity index (χ2v) is 7.28. The summed E-state index contributed by atoms with van der Waals surface area (Å²) in [6.45, 7) is 4.10. The average Bonchev–Trinajstić information content (AvgIpc) is 3.06. The van der Waals surface area contributed by atoms with E-state index in [4.69, 9.17) is 4.74 Å². The molecule has 0 bridgehead atoms. The van der Waals surface area contributed by atoms with Gasteiger partial charge in [-0.1, -0.05) is 12.7 Å². The van der Waals surface area contributed by atoms with E-state index in [2.05, 4.69) is 16.7 Å². The van der Waals surface area contributed by atoms with E-state index in [1.165, 1.54) is 27.9 Å². The van der Waals surface area contributed by atoms with Gasteiger partial charge < -0.3 is 4.74 Å². The number of fused-ring (bicyclic) bond motifs is 3. The van der Waals surface area contributed by atoms with Crippen LogP contribution in [0.3, 0.4) is 0 Å². The van der Waals surface area contributed by atoms with Gasteiger partial charge in [0.05, 0.1) is 11.6 Å². The molecule has 1 aliphatic rings. The maximum Gasteiger partial charge on any atom is 0.282 e. The van der Waals surface area contributed by atoms with Crippen molar-refractivity contribution in [3.63, 3.8) is 0 Å². The zero-order valence-corrected chi connectivity index (χ0v) is 15.2. The number of benzene rings is 1. The van der Waals surface area contributed by atoms with E-state index in [1.54, 1.807) is 23.6 Å². The fourth-order valence-corrected chi connectivity index (χ4v) is 4.37. The highest BCUT2D eigenvalue weighted by atomic mass is 32.1. The summed E-state index contributed by atoms with van der Waals surface area (Å²) in [5.74, 6) is 0.771. The molecule has 132 valence electrons. The van der Waals surface area contributed by atoms with Crippen molar-refractivity contribution >= 4 is 27.8 Å². The van der Waals surface area contributed by atoms with Gasteiger partial charge in [0, 0.05) is 4.88 Å². The average molecular weight is 365 g/mol. The molecule has 0 amide bonds. The summed E-state index contributed by atoms with van der Waals surface area (Å²) >= 11 is 1.65. The number of ether oxygens (including phenoxy) is 1. The number of nitrogens with zero attached hydrogens (tertiary/aromatic N) is 3. The van der Waals surface area contributed by atoms with Crippen LogP contribution in [0.1, 0.15) is 28.8 Å². The quantitative estimate of drug-likeness (QED) is 0.511. The van der Waals surface area contributed by atoms with Crippen LogP contribution in [0.5, 0.6) is 5.75 Å². The van der Waals surface area contributed by atoms with Crippen LogP contribution in [0.4, 0.5) is 0 Å². The Kier molecular flexibility index (Phi) is 4.67. The Morgan fingerprint density at radius 3 is 2.88 bits per heavy atom. The number of rotatable bonds is 5. The van der Waals surface area contributed by atoms with Crippen molar-refractivity contribution in [2.75, 3.05) is 6.61 Å². The van der Waals surface area contributed by atoms with E-state index in [-0.39, 0.29) is 5.56 Å². The Morgan fingerprint density at radius 2 is 2.08 bits per heavy atom. The van der Waals surface area contributed by atoms with Gasteiger partial charge in [-0.2, -0.15) is 9.78 Å². The molecule has 0 aliphatic heterocycles. The standard InChI is InChI=1S/C20H19N3O2S/c1-2-11-25-15-9-7-14(8-10-15)12-22-23-13-21-19-18(20(23)24)16-5-3-4-6-17(16)26-19/h2,7-10,12-13H,1,3-6,11H2. The molecule has 1 aliphatic carbocycles. The number of hydrogen-bond acceptors (Lipinski definition) is 5. The van der Waals surface area contributed by atoms with E-state index in [0.29, 0.717) is 6.61 Å². The third kappa shape index (κ3) is 3.20. The molecule has 0 unspecified atom stereocenters. The number of aromatic nitrogens is 2.